The van der Waals surface area contributed by atoms with Crippen LogP contribution in [0.15, 0.2) is 48.5 Å². The standard InChI is InChI=1S/C22H25NO5/c1-4-23(20(14(2)24)21(25)27-3)22(26)28-13-19-17-11-7-5-9-15(17)16-10-6-8-12-18(16)19/h5-12,14,19-20,24H,4,13H2,1-3H3/t14-,20+/m1/s1. The zero-order valence-corrected chi connectivity index (χ0v) is 16.3. The van der Waals surface area contributed by atoms with Crippen LogP contribution < -0.4 is 0 Å². The van der Waals surface area contributed by atoms with Gasteiger partial charge in [0.15, 0.2) is 6.04 Å². The van der Waals surface area contributed by atoms with Crippen molar-refractivity contribution in [1.29, 1.82) is 0 Å². The molecule has 0 fully saturated rings. The molecule has 0 radical (unpaired) electrons. The van der Waals surface area contributed by atoms with Crippen LogP contribution in [0.5, 0.6) is 0 Å². The van der Waals surface area contributed by atoms with Crippen molar-refractivity contribution in [2.75, 3.05) is 20.3 Å². The molecule has 2 aromatic rings. The highest BCUT2D eigenvalue weighted by atomic mass is 16.6. The number of likely N-dealkylation sites (N-methyl/N-ethyl adjacent to an activating group) is 1. The van der Waals surface area contributed by atoms with Crippen LogP contribution in [0.25, 0.3) is 11.1 Å². The first-order valence-corrected chi connectivity index (χ1v) is 9.37. The Balaban J connectivity index is 1.79. The van der Waals surface area contributed by atoms with Gasteiger partial charge in [-0.1, -0.05) is 48.5 Å². The highest BCUT2D eigenvalue weighted by Crippen LogP contribution is 2.44. The molecule has 148 valence electrons. The number of amides is 1. The molecule has 1 aliphatic carbocycles. The van der Waals surface area contributed by atoms with E-state index in [1.54, 1.807) is 6.92 Å². The van der Waals surface area contributed by atoms with Crippen LogP contribution in [-0.4, -0.2) is 54.5 Å². The molecular formula is C22H25NO5. The number of rotatable bonds is 6. The second-order valence-electron chi connectivity index (χ2n) is 6.80. The fraction of sp³-hybridized carbons (Fsp3) is 0.364. The number of fused-ring (bicyclic) bond motifs is 3. The largest absolute Gasteiger partial charge is 0.467 e. The van der Waals surface area contributed by atoms with E-state index >= 15 is 0 Å². The number of nitrogens with zero attached hydrogens (tertiary/aromatic N) is 1. The SMILES string of the molecule is CCN(C(=O)OCC1c2ccccc2-c2ccccc21)[C@H](C(=O)OC)[C@@H](C)O. The normalized spacial score (nSPS) is 14.6. The van der Waals surface area contributed by atoms with Crippen molar-refractivity contribution in [2.45, 2.75) is 31.9 Å². The summed E-state index contributed by atoms with van der Waals surface area (Å²) in [5.41, 5.74) is 4.50. The van der Waals surface area contributed by atoms with Crippen molar-refractivity contribution >= 4 is 12.1 Å². The monoisotopic (exact) mass is 383 g/mol. The second-order valence-corrected chi connectivity index (χ2v) is 6.80. The Morgan fingerprint density at radius 3 is 2.07 bits per heavy atom. The lowest BCUT2D eigenvalue weighted by molar-refractivity contribution is -0.150. The van der Waals surface area contributed by atoms with Crippen LogP contribution in [0.1, 0.15) is 30.9 Å². The minimum absolute atomic E-state index is 0.0711. The smallest absolute Gasteiger partial charge is 0.410 e. The fourth-order valence-corrected chi connectivity index (χ4v) is 3.82. The number of benzene rings is 2. The molecule has 0 saturated carbocycles. The molecule has 3 rings (SSSR count). The van der Waals surface area contributed by atoms with Crippen LogP contribution in [-0.2, 0) is 14.3 Å². The summed E-state index contributed by atoms with van der Waals surface area (Å²) in [6, 6.07) is 15.0. The Bertz CT molecular complexity index is 818. The van der Waals surface area contributed by atoms with Gasteiger partial charge in [0.1, 0.15) is 6.61 Å². The van der Waals surface area contributed by atoms with Crippen LogP contribution in [0.4, 0.5) is 4.79 Å². The predicted octanol–water partition coefficient (Wildman–Crippen LogP) is 3.18. The van der Waals surface area contributed by atoms with E-state index < -0.39 is 24.2 Å². The minimum atomic E-state index is -1.11. The Labute approximate surface area is 164 Å². The summed E-state index contributed by atoms with van der Waals surface area (Å²) < 4.78 is 10.3. The van der Waals surface area contributed by atoms with Crippen molar-refractivity contribution in [1.82, 2.24) is 4.90 Å². The third-order valence-corrected chi connectivity index (χ3v) is 5.15. The topological polar surface area (TPSA) is 76.1 Å². The molecule has 28 heavy (non-hydrogen) atoms. The van der Waals surface area contributed by atoms with Gasteiger partial charge in [0.05, 0.1) is 13.2 Å². The molecule has 1 aliphatic rings. The summed E-state index contributed by atoms with van der Waals surface area (Å²) in [6.45, 7) is 3.53. The molecule has 0 saturated heterocycles. The number of carbonyl (C=O) groups is 2. The number of aliphatic hydroxyl groups excluding tert-OH is 1. The minimum Gasteiger partial charge on any atom is -0.467 e. The van der Waals surface area contributed by atoms with Crippen molar-refractivity contribution < 1.29 is 24.2 Å². The van der Waals surface area contributed by atoms with Crippen molar-refractivity contribution in [3.63, 3.8) is 0 Å². The van der Waals surface area contributed by atoms with E-state index in [0.29, 0.717) is 0 Å². The van der Waals surface area contributed by atoms with Gasteiger partial charge in [0, 0.05) is 12.5 Å². The third kappa shape index (κ3) is 3.60. The van der Waals surface area contributed by atoms with Gasteiger partial charge in [-0.05, 0) is 36.1 Å². The summed E-state index contributed by atoms with van der Waals surface area (Å²) in [4.78, 5) is 25.9. The van der Waals surface area contributed by atoms with E-state index in [-0.39, 0.29) is 19.1 Å². The molecule has 1 N–H and O–H groups in total. The van der Waals surface area contributed by atoms with Crippen molar-refractivity contribution in [2.24, 2.45) is 0 Å². The lowest BCUT2D eigenvalue weighted by Gasteiger charge is -2.30. The number of aliphatic hydroxyl groups is 1. The molecule has 2 atom stereocenters. The lowest BCUT2D eigenvalue weighted by atomic mass is 9.98. The van der Waals surface area contributed by atoms with E-state index in [1.165, 1.54) is 18.9 Å². The van der Waals surface area contributed by atoms with Crippen LogP contribution >= 0.6 is 0 Å². The van der Waals surface area contributed by atoms with Gasteiger partial charge in [0.2, 0.25) is 0 Å². The Morgan fingerprint density at radius 2 is 1.61 bits per heavy atom. The maximum Gasteiger partial charge on any atom is 0.410 e. The first-order chi connectivity index (χ1) is 13.5. The van der Waals surface area contributed by atoms with Gasteiger partial charge in [-0.3, -0.25) is 4.90 Å². The Kier molecular flexibility index (Phi) is 5.99. The second kappa shape index (κ2) is 8.44. The average Bonchev–Trinajstić information content (AvgIpc) is 3.03. The van der Waals surface area contributed by atoms with Gasteiger partial charge in [-0.25, -0.2) is 9.59 Å². The summed E-state index contributed by atoms with van der Waals surface area (Å²) in [5.74, 6) is -0.747. The maximum absolute atomic E-state index is 12.7. The predicted molar refractivity (Wildman–Crippen MR) is 105 cm³/mol. The molecule has 0 spiro atoms. The summed E-state index contributed by atoms with van der Waals surface area (Å²) in [6.07, 6.45) is -1.73. The fourth-order valence-electron chi connectivity index (χ4n) is 3.82. The van der Waals surface area contributed by atoms with E-state index in [0.717, 1.165) is 22.3 Å². The van der Waals surface area contributed by atoms with E-state index in [9.17, 15) is 14.7 Å². The highest BCUT2D eigenvalue weighted by Gasteiger charge is 2.36. The number of hydrogen-bond donors (Lipinski definition) is 1. The molecule has 0 aromatic heterocycles. The first-order valence-electron chi connectivity index (χ1n) is 9.37. The first kappa shape index (κ1) is 19.9. The van der Waals surface area contributed by atoms with Crippen LogP contribution in [0.3, 0.4) is 0 Å². The zero-order valence-electron chi connectivity index (χ0n) is 16.3. The van der Waals surface area contributed by atoms with E-state index in [2.05, 4.69) is 12.1 Å². The van der Waals surface area contributed by atoms with Gasteiger partial charge in [-0.15, -0.1) is 0 Å². The average molecular weight is 383 g/mol. The molecule has 0 aliphatic heterocycles. The molecule has 1 amide bonds. The molecule has 2 aromatic carbocycles. The van der Waals surface area contributed by atoms with E-state index in [4.69, 9.17) is 9.47 Å². The Morgan fingerprint density at radius 1 is 1.07 bits per heavy atom. The number of ether oxygens (including phenoxy) is 2. The third-order valence-electron chi connectivity index (χ3n) is 5.15. The lowest BCUT2D eigenvalue weighted by Crippen LogP contribution is -2.51. The number of carbonyl (C=O) groups excluding carboxylic acids is 2. The summed E-state index contributed by atoms with van der Waals surface area (Å²) in [7, 11) is 1.23. The van der Waals surface area contributed by atoms with E-state index in [1.807, 2.05) is 36.4 Å². The van der Waals surface area contributed by atoms with Gasteiger partial charge >= 0.3 is 12.1 Å². The number of hydrogen-bond acceptors (Lipinski definition) is 5. The number of esters is 1. The maximum atomic E-state index is 12.7. The molecule has 6 heteroatoms. The molecule has 0 heterocycles. The molecular weight excluding hydrogens is 358 g/mol. The molecule has 0 unspecified atom stereocenters. The quantitative estimate of drug-likeness (QED) is 0.776. The summed E-state index contributed by atoms with van der Waals surface area (Å²) in [5, 5.41) is 9.95. The summed E-state index contributed by atoms with van der Waals surface area (Å²) >= 11 is 0. The van der Waals surface area contributed by atoms with Crippen molar-refractivity contribution in [3.05, 3.63) is 59.7 Å². The zero-order chi connectivity index (χ0) is 20.3. The number of methoxy groups -OCH3 is 1. The van der Waals surface area contributed by atoms with Crippen molar-refractivity contribution in [3.8, 4) is 11.1 Å². The van der Waals surface area contributed by atoms with Gasteiger partial charge in [-0.2, -0.15) is 0 Å². The van der Waals surface area contributed by atoms with Crippen LogP contribution in [0.2, 0.25) is 0 Å². The molecule has 6 nitrogen and oxygen atoms in total. The Hall–Kier alpha value is -2.86. The van der Waals surface area contributed by atoms with Gasteiger partial charge in [0.25, 0.3) is 0 Å². The van der Waals surface area contributed by atoms with Gasteiger partial charge < -0.3 is 14.6 Å². The molecule has 0 bridgehead atoms. The van der Waals surface area contributed by atoms with Crippen LogP contribution in [0, 0.1) is 0 Å². The highest BCUT2D eigenvalue weighted by molar-refractivity contribution is 5.82.